The first-order valence-electron chi connectivity index (χ1n) is 7.60. The van der Waals surface area contributed by atoms with Crippen LogP contribution < -0.4 is 10.5 Å². The molecule has 0 aromatic heterocycles. The summed E-state index contributed by atoms with van der Waals surface area (Å²) in [5, 5.41) is 0. The summed E-state index contributed by atoms with van der Waals surface area (Å²) in [6, 6.07) is 16.9. The minimum atomic E-state index is 0. The molecular weight excluding hydrogens is 312 g/mol. The van der Waals surface area contributed by atoms with Crippen LogP contribution in [0.2, 0.25) is 0 Å². The van der Waals surface area contributed by atoms with E-state index >= 15 is 0 Å². The van der Waals surface area contributed by atoms with Crippen LogP contribution in [0.5, 0.6) is 11.5 Å². The number of rotatable bonds is 3. The SMILES string of the molecule is Cl.NC1CCCN(C(=O)c2ccc(Oc3ccccc3)cc2)C1. The predicted octanol–water partition coefficient (Wildman–Crippen LogP) is 3.46. The second kappa shape index (κ2) is 7.99. The number of ether oxygens (including phenoxy) is 1. The normalized spacial score (nSPS) is 17.3. The molecule has 23 heavy (non-hydrogen) atoms. The maximum Gasteiger partial charge on any atom is 0.253 e. The molecule has 1 unspecified atom stereocenters. The number of benzene rings is 2. The average Bonchev–Trinajstić information content (AvgIpc) is 2.56. The molecule has 0 saturated carbocycles. The minimum Gasteiger partial charge on any atom is -0.457 e. The third-order valence-electron chi connectivity index (χ3n) is 3.83. The number of amides is 1. The average molecular weight is 333 g/mol. The summed E-state index contributed by atoms with van der Waals surface area (Å²) in [5.41, 5.74) is 6.61. The van der Waals surface area contributed by atoms with Crippen LogP contribution in [0.1, 0.15) is 23.2 Å². The van der Waals surface area contributed by atoms with E-state index in [-0.39, 0.29) is 24.4 Å². The van der Waals surface area contributed by atoms with E-state index in [0.29, 0.717) is 12.1 Å². The number of nitrogens with two attached hydrogens (primary N) is 1. The minimum absolute atomic E-state index is 0. The van der Waals surface area contributed by atoms with Crippen molar-refractivity contribution >= 4 is 18.3 Å². The number of likely N-dealkylation sites (tertiary alicyclic amines) is 1. The third kappa shape index (κ3) is 4.47. The van der Waals surface area contributed by atoms with Crippen molar-refractivity contribution in [2.45, 2.75) is 18.9 Å². The lowest BCUT2D eigenvalue weighted by molar-refractivity contribution is 0.0709. The smallest absolute Gasteiger partial charge is 0.253 e. The first-order valence-corrected chi connectivity index (χ1v) is 7.60. The second-order valence-electron chi connectivity index (χ2n) is 5.59. The van der Waals surface area contributed by atoms with Crippen LogP contribution in [0.25, 0.3) is 0 Å². The number of hydrogen-bond donors (Lipinski definition) is 1. The molecule has 2 N–H and O–H groups in total. The number of halogens is 1. The van der Waals surface area contributed by atoms with Crippen LogP contribution in [-0.4, -0.2) is 29.9 Å². The zero-order valence-corrected chi connectivity index (χ0v) is 13.7. The highest BCUT2D eigenvalue weighted by atomic mass is 35.5. The van der Waals surface area contributed by atoms with E-state index < -0.39 is 0 Å². The molecule has 2 aromatic carbocycles. The van der Waals surface area contributed by atoms with Crippen molar-refractivity contribution in [2.75, 3.05) is 13.1 Å². The van der Waals surface area contributed by atoms with Gasteiger partial charge in [0.2, 0.25) is 0 Å². The Morgan fingerprint density at radius 2 is 1.70 bits per heavy atom. The maximum atomic E-state index is 12.4. The van der Waals surface area contributed by atoms with Crippen molar-refractivity contribution in [1.82, 2.24) is 4.90 Å². The van der Waals surface area contributed by atoms with E-state index in [1.807, 2.05) is 47.4 Å². The summed E-state index contributed by atoms with van der Waals surface area (Å²) in [7, 11) is 0. The Morgan fingerprint density at radius 1 is 1.04 bits per heavy atom. The quantitative estimate of drug-likeness (QED) is 0.936. The Morgan fingerprint density at radius 3 is 2.35 bits per heavy atom. The molecule has 1 saturated heterocycles. The van der Waals surface area contributed by atoms with Gasteiger partial charge in [-0.1, -0.05) is 18.2 Å². The van der Waals surface area contributed by atoms with Gasteiger partial charge in [0.15, 0.2) is 0 Å². The molecule has 1 amide bonds. The van der Waals surface area contributed by atoms with Gasteiger partial charge < -0.3 is 15.4 Å². The lowest BCUT2D eigenvalue weighted by Crippen LogP contribution is -2.45. The number of piperidine rings is 1. The summed E-state index contributed by atoms with van der Waals surface area (Å²) < 4.78 is 5.73. The molecule has 0 aliphatic carbocycles. The number of nitrogens with zero attached hydrogens (tertiary/aromatic N) is 1. The Labute approximate surface area is 142 Å². The fourth-order valence-corrected chi connectivity index (χ4v) is 2.67. The van der Waals surface area contributed by atoms with Crippen LogP contribution in [0.15, 0.2) is 54.6 Å². The standard InChI is InChI=1S/C18H20N2O2.ClH/c19-15-5-4-12-20(13-15)18(21)14-8-10-17(11-9-14)22-16-6-2-1-3-7-16;/h1-3,6-11,15H,4-5,12-13,19H2;1H. The molecule has 1 aliphatic rings. The summed E-state index contributed by atoms with van der Waals surface area (Å²) in [4.78, 5) is 14.3. The van der Waals surface area contributed by atoms with Crippen molar-refractivity contribution in [3.63, 3.8) is 0 Å². The van der Waals surface area contributed by atoms with Crippen molar-refractivity contribution in [2.24, 2.45) is 5.73 Å². The van der Waals surface area contributed by atoms with Gasteiger partial charge in [0.05, 0.1) is 0 Å². The number of hydrogen-bond acceptors (Lipinski definition) is 3. The van der Waals surface area contributed by atoms with Gasteiger partial charge in [-0.05, 0) is 49.2 Å². The Hall–Kier alpha value is -2.04. The van der Waals surface area contributed by atoms with Gasteiger partial charge in [-0.25, -0.2) is 0 Å². The van der Waals surface area contributed by atoms with Crippen molar-refractivity contribution in [3.8, 4) is 11.5 Å². The van der Waals surface area contributed by atoms with Crippen LogP contribution in [-0.2, 0) is 0 Å². The lowest BCUT2D eigenvalue weighted by atomic mass is 10.1. The largest absolute Gasteiger partial charge is 0.457 e. The maximum absolute atomic E-state index is 12.4. The molecule has 122 valence electrons. The fraction of sp³-hybridized carbons (Fsp3) is 0.278. The second-order valence-corrected chi connectivity index (χ2v) is 5.59. The monoisotopic (exact) mass is 332 g/mol. The van der Waals surface area contributed by atoms with Crippen LogP contribution in [0, 0.1) is 0 Å². The van der Waals surface area contributed by atoms with E-state index in [4.69, 9.17) is 10.5 Å². The van der Waals surface area contributed by atoms with Crippen LogP contribution in [0.4, 0.5) is 0 Å². The molecule has 2 aromatic rings. The summed E-state index contributed by atoms with van der Waals surface area (Å²) in [5.74, 6) is 1.54. The molecule has 0 bridgehead atoms. The fourth-order valence-electron chi connectivity index (χ4n) is 2.67. The van der Waals surface area contributed by atoms with E-state index in [1.165, 1.54) is 0 Å². The molecule has 3 rings (SSSR count). The first-order chi connectivity index (χ1) is 10.7. The van der Waals surface area contributed by atoms with Gasteiger partial charge in [0, 0.05) is 24.7 Å². The van der Waals surface area contributed by atoms with Gasteiger partial charge in [-0.15, -0.1) is 12.4 Å². The molecule has 4 nitrogen and oxygen atoms in total. The molecule has 1 aliphatic heterocycles. The van der Waals surface area contributed by atoms with E-state index in [0.717, 1.165) is 30.9 Å². The van der Waals surface area contributed by atoms with Crippen molar-refractivity contribution in [1.29, 1.82) is 0 Å². The zero-order valence-electron chi connectivity index (χ0n) is 12.9. The van der Waals surface area contributed by atoms with Crippen LogP contribution in [0.3, 0.4) is 0 Å². The summed E-state index contributed by atoms with van der Waals surface area (Å²) in [6.45, 7) is 1.43. The van der Waals surface area contributed by atoms with Gasteiger partial charge in [-0.3, -0.25) is 4.79 Å². The zero-order chi connectivity index (χ0) is 15.4. The molecule has 5 heteroatoms. The summed E-state index contributed by atoms with van der Waals surface area (Å²) in [6.07, 6.45) is 1.97. The van der Waals surface area contributed by atoms with Gasteiger partial charge >= 0.3 is 0 Å². The summed E-state index contributed by atoms with van der Waals surface area (Å²) >= 11 is 0. The number of carbonyl (C=O) groups excluding carboxylic acids is 1. The predicted molar refractivity (Wildman–Crippen MR) is 93.3 cm³/mol. The third-order valence-corrected chi connectivity index (χ3v) is 3.83. The highest BCUT2D eigenvalue weighted by Gasteiger charge is 2.22. The molecule has 0 spiro atoms. The first kappa shape index (κ1) is 17.3. The molecule has 1 atom stereocenters. The lowest BCUT2D eigenvalue weighted by Gasteiger charge is -2.30. The van der Waals surface area contributed by atoms with Crippen LogP contribution >= 0.6 is 12.4 Å². The highest BCUT2D eigenvalue weighted by Crippen LogP contribution is 2.22. The van der Waals surface area contributed by atoms with E-state index in [1.54, 1.807) is 12.1 Å². The number of carbonyl (C=O) groups is 1. The van der Waals surface area contributed by atoms with E-state index in [2.05, 4.69) is 0 Å². The van der Waals surface area contributed by atoms with Gasteiger partial charge in [0.25, 0.3) is 5.91 Å². The van der Waals surface area contributed by atoms with Gasteiger partial charge in [0.1, 0.15) is 11.5 Å². The van der Waals surface area contributed by atoms with Crippen molar-refractivity contribution < 1.29 is 9.53 Å². The molecular formula is C18H21ClN2O2. The Kier molecular flexibility index (Phi) is 6.02. The van der Waals surface area contributed by atoms with E-state index in [9.17, 15) is 4.79 Å². The Bertz CT molecular complexity index is 631. The topological polar surface area (TPSA) is 55.6 Å². The van der Waals surface area contributed by atoms with Gasteiger partial charge in [-0.2, -0.15) is 0 Å². The number of para-hydroxylation sites is 1. The Balaban J connectivity index is 0.00000192. The molecule has 1 fully saturated rings. The highest BCUT2D eigenvalue weighted by molar-refractivity contribution is 5.94. The van der Waals surface area contributed by atoms with Crippen molar-refractivity contribution in [3.05, 3.63) is 60.2 Å². The molecule has 0 radical (unpaired) electrons. The molecule has 1 heterocycles.